The lowest BCUT2D eigenvalue weighted by molar-refractivity contribution is 0.414. The van der Waals surface area contributed by atoms with Crippen molar-refractivity contribution in [3.05, 3.63) is 17.0 Å². The first-order valence-electron chi connectivity index (χ1n) is 6.51. The first kappa shape index (κ1) is 14.7. The zero-order chi connectivity index (χ0) is 13.9. The summed E-state index contributed by atoms with van der Waals surface area (Å²) in [5, 5.41) is 17.0. The average molecular weight is 248 g/mol. The largest absolute Gasteiger partial charge is 0.308 e. The lowest BCUT2D eigenvalue weighted by Crippen LogP contribution is -2.30. The molecule has 0 aliphatic rings. The van der Waals surface area contributed by atoms with E-state index in [0.717, 1.165) is 12.2 Å². The van der Waals surface area contributed by atoms with Gasteiger partial charge in [0, 0.05) is 30.4 Å². The van der Waals surface area contributed by atoms with Crippen LogP contribution in [0.5, 0.6) is 0 Å². The molecule has 1 atom stereocenters. The van der Waals surface area contributed by atoms with E-state index >= 15 is 0 Å². The topological polar surface area (TPSA) is 53.6 Å². The first-order chi connectivity index (χ1) is 8.32. The minimum absolute atomic E-state index is 0.220. The van der Waals surface area contributed by atoms with Gasteiger partial charge in [-0.15, -0.1) is 0 Å². The van der Waals surface area contributed by atoms with Crippen LogP contribution < -0.4 is 5.32 Å². The molecule has 0 aromatic carbocycles. The molecule has 4 nitrogen and oxygen atoms in total. The maximum absolute atomic E-state index is 9.02. The van der Waals surface area contributed by atoms with Crippen LogP contribution in [0.1, 0.15) is 50.7 Å². The SMILES string of the molecule is CCn1nc(C)c(C(C)NCC(C)(C)C#N)c1C. The van der Waals surface area contributed by atoms with E-state index in [2.05, 4.69) is 37.3 Å². The van der Waals surface area contributed by atoms with Gasteiger partial charge in [0.15, 0.2) is 0 Å². The lowest BCUT2D eigenvalue weighted by atomic mass is 9.95. The van der Waals surface area contributed by atoms with E-state index in [1.807, 2.05) is 25.5 Å². The molecule has 1 rings (SSSR count). The summed E-state index contributed by atoms with van der Waals surface area (Å²) in [5.74, 6) is 0. The Hall–Kier alpha value is -1.34. The summed E-state index contributed by atoms with van der Waals surface area (Å²) >= 11 is 0. The maximum Gasteiger partial charge on any atom is 0.0697 e. The third-order valence-electron chi connectivity index (χ3n) is 3.32. The standard InChI is InChI=1S/C14H24N4/c1-7-18-12(4)13(11(3)17-18)10(2)16-9-14(5,6)8-15/h10,16H,7,9H2,1-6H3. The van der Waals surface area contributed by atoms with Gasteiger partial charge in [-0.3, -0.25) is 4.68 Å². The number of rotatable bonds is 5. The van der Waals surface area contributed by atoms with Crippen LogP contribution >= 0.6 is 0 Å². The van der Waals surface area contributed by atoms with Crippen LogP contribution in [0.15, 0.2) is 0 Å². The quantitative estimate of drug-likeness (QED) is 0.871. The second kappa shape index (κ2) is 5.53. The van der Waals surface area contributed by atoms with E-state index in [9.17, 15) is 0 Å². The fourth-order valence-electron chi connectivity index (χ4n) is 2.20. The number of nitrogens with zero attached hydrogens (tertiary/aromatic N) is 3. The fourth-order valence-corrected chi connectivity index (χ4v) is 2.20. The number of hydrogen-bond donors (Lipinski definition) is 1. The van der Waals surface area contributed by atoms with Gasteiger partial charge in [0.25, 0.3) is 0 Å². The molecule has 1 aromatic rings. The van der Waals surface area contributed by atoms with Crippen molar-refractivity contribution in [1.82, 2.24) is 15.1 Å². The van der Waals surface area contributed by atoms with Crippen molar-refractivity contribution < 1.29 is 0 Å². The van der Waals surface area contributed by atoms with Crippen molar-refractivity contribution in [2.24, 2.45) is 5.41 Å². The minimum atomic E-state index is -0.336. The number of aromatic nitrogens is 2. The minimum Gasteiger partial charge on any atom is -0.308 e. The molecule has 4 heteroatoms. The van der Waals surface area contributed by atoms with E-state index in [0.29, 0.717) is 6.54 Å². The summed E-state index contributed by atoms with van der Waals surface area (Å²) in [6.45, 7) is 13.8. The van der Waals surface area contributed by atoms with Gasteiger partial charge in [0.05, 0.1) is 17.2 Å². The third kappa shape index (κ3) is 3.11. The summed E-state index contributed by atoms with van der Waals surface area (Å²) in [6, 6.07) is 2.53. The zero-order valence-corrected chi connectivity index (χ0v) is 12.3. The Morgan fingerprint density at radius 1 is 1.44 bits per heavy atom. The van der Waals surface area contributed by atoms with Gasteiger partial charge < -0.3 is 5.32 Å². The molecule has 0 bridgehead atoms. The molecular weight excluding hydrogens is 224 g/mol. The van der Waals surface area contributed by atoms with Crippen molar-refractivity contribution in [3.63, 3.8) is 0 Å². The monoisotopic (exact) mass is 248 g/mol. The molecule has 0 saturated carbocycles. The fraction of sp³-hybridized carbons (Fsp3) is 0.714. The van der Waals surface area contributed by atoms with E-state index in [4.69, 9.17) is 5.26 Å². The summed E-state index contributed by atoms with van der Waals surface area (Å²) in [6.07, 6.45) is 0. The van der Waals surface area contributed by atoms with Crippen LogP contribution in [0, 0.1) is 30.6 Å². The number of hydrogen-bond acceptors (Lipinski definition) is 3. The molecule has 0 fully saturated rings. The highest BCUT2D eigenvalue weighted by Crippen LogP contribution is 2.22. The van der Waals surface area contributed by atoms with Gasteiger partial charge in [-0.1, -0.05) is 0 Å². The smallest absolute Gasteiger partial charge is 0.0697 e. The summed E-state index contributed by atoms with van der Waals surface area (Å²) < 4.78 is 2.03. The highest BCUT2D eigenvalue weighted by atomic mass is 15.3. The summed E-state index contributed by atoms with van der Waals surface area (Å²) in [4.78, 5) is 0. The van der Waals surface area contributed by atoms with Crippen LogP contribution in [0.3, 0.4) is 0 Å². The summed E-state index contributed by atoms with van der Waals surface area (Å²) in [7, 11) is 0. The van der Waals surface area contributed by atoms with Gasteiger partial charge in [-0.25, -0.2) is 0 Å². The second-order valence-corrected chi connectivity index (χ2v) is 5.50. The van der Waals surface area contributed by atoms with Crippen molar-refractivity contribution in [3.8, 4) is 6.07 Å². The van der Waals surface area contributed by atoms with Gasteiger partial charge in [-0.2, -0.15) is 10.4 Å². The molecule has 0 amide bonds. The molecule has 0 spiro atoms. The zero-order valence-electron chi connectivity index (χ0n) is 12.3. The highest BCUT2D eigenvalue weighted by Gasteiger charge is 2.21. The number of aryl methyl sites for hydroxylation is 2. The molecule has 1 aromatic heterocycles. The second-order valence-electron chi connectivity index (χ2n) is 5.50. The maximum atomic E-state index is 9.02. The van der Waals surface area contributed by atoms with Crippen LogP contribution in [-0.4, -0.2) is 16.3 Å². The van der Waals surface area contributed by atoms with Crippen LogP contribution in [0.2, 0.25) is 0 Å². The third-order valence-corrected chi connectivity index (χ3v) is 3.32. The molecule has 0 aliphatic carbocycles. The summed E-state index contributed by atoms with van der Waals surface area (Å²) in [5.41, 5.74) is 3.20. The first-order valence-corrected chi connectivity index (χ1v) is 6.51. The van der Waals surface area contributed by atoms with Crippen LogP contribution in [-0.2, 0) is 6.54 Å². The van der Waals surface area contributed by atoms with Crippen molar-refractivity contribution >= 4 is 0 Å². The van der Waals surface area contributed by atoms with Gasteiger partial charge in [0.1, 0.15) is 0 Å². The Balaban J connectivity index is 2.83. The molecule has 1 N–H and O–H groups in total. The van der Waals surface area contributed by atoms with Crippen LogP contribution in [0.25, 0.3) is 0 Å². The Morgan fingerprint density at radius 3 is 2.50 bits per heavy atom. The Labute approximate surface area is 110 Å². The Morgan fingerprint density at radius 2 is 2.06 bits per heavy atom. The molecule has 100 valence electrons. The van der Waals surface area contributed by atoms with E-state index < -0.39 is 0 Å². The number of nitrogens with one attached hydrogen (secondary N) is 1. The van der Waals surface area contributed by atoms with Crippen molar-refractivity contribution in [2.75, 3.05) is 6.54 Å². The van der Waals surface area contributed by atoms with E-state index in [1.165, 1.54) is 11.3 Å². The highest BCUT2D eigenvalue weighted by molar-refractivity contribution is 5.27. The Bertz CT molecular complexity index is 451. The van der Waals surface area contributed by atoms with Gasteiger partial charge >= 0.3 is 0 Å². The van der Waals surface area contributed by atoms with E-state index in [1.54, 1.807) is 0 Å². The molecule has 0 aliphatic heterocycles. The van der Waals surface area contributed by atoms with Gasteiger partial charge in [0.2, 0.25) is 0 Å². The lowest BCUT2D eigenvalue weighted by Gasteiger charge is -2.21. The molecule has 1 heterocycles. The average Bonchev–Trinajstić information content (AvgIpc) is 2.61. The van der Waals surface area contributed by atoms with Crippen LogP contribution in [0.4, 0.5) is 0 Å². The molecule has 0 saturated heterocycles. The normalized spacial score (nSPS) is 13.4. The number of nitriles is 1. The predicted octanol–water partition coefficient (Wildman–Crippen LogP) is 2.72. The van der Waals surface area contributed by atoms with Crippen molar-refractivity contribution in [2.45, 2.75) is 54.1 Å². The van der Waals surface area contributed by atoms with Crippen molar-refractivity contribution in [1.29, 1.82) is 5.26 Å². The molecule has 1 unspecified atom stereocenters. The van der Waals surface area contributed by atoms with E-state index in [-0.39, 0.29) is 11.5 Å². The molecular formula is C14H24N4. The molecule has 0 radical (unpaired) electrons. The predicted molar refractivity (Wildman–Crippen MR) is 73.2 cm³/mol. The van der Waals surface area contributed by atoms with Gasteiger partial charge in [-0.05, 0) is 41.5 Å². The Kier molecular flexibility index (Phi) is 4.53. The molecule has 18 heavy (non-hydrogen) atoms.